The van der Waals surface area contributed by atoms with Crippen molar-refractivity contribution in [1.29, 1.82) is 0 Å². The molecule has 0 heterocycles. The molecule has 0 fully saturated rings. The second kappa shape index (κ2) is 9.37. The van der Waals surface area contributed by atoms with Crippen molar-refractivity contribution in [2.75, 3.05) is 34.2 Å². The molecule has 1 aromatic rings. The highest BCUT2D eigenvalue weighted by molar-refractivity contribution is 8.04. The highest BCUT2D eigenvalue weighted by Crippen LogP contribution is 2.50. The van der Waals surface area contributed by atoms with E-state index in [0.29, 0.717) is 5.75 Å². The average Bonchev–Trinajstić information content (AvgIpc) is 2.91. The molecular weight excluding hydrogens is 420 g/mol. The second-order valence-corrected chi connectivity index (χ2v) is 7.56. The maximum absolute atomic E-state index is 13.3. The maximum Gasteiger partial charge on any atom is 0.315 e. The van der Waals surface area contributed by atoms with Crippen molar-refractivity contribution in [3.63, 3.8) is 0 Å². The summed E-state index contributed by atoms with van der Waals surface area (Å²) in [7, 11) is 5.54. The van der Waals surface area contributed by atoms with Crippen molar-refractivity contribution in [1.82, 2.24) is 0 Å². The van der Waals surface area contributed by atoms with Crippen molar-refractivity contribution in [3.8, 4) is 17.2 Å². The predicted molar refractivity (Wildman–Crippen MR) is 111 cm³/mol. The number of ketones is 2. The first-order valence-corrected chi connectivity index (χ1v) is 9.79. The van der Waals surface area contributed by atoms with Crippen LogP contribution in [0.1, 0.15) is 12.0 Å². The number of Topliss-reactive ketones (excluding diaryl/α,β-unsaturated/α-hetero) is 2. The normalized spacial score (nSPS) is 18.7. The third-order valence-corrected chi connectivity index (χ3v) is 5.89. The van der Waals surface area contributed by atoms with E-state index in [4.69, 9.17) is 25.8 Å². The molecule has 0 bridgehead atoms. The summed E-state index contributed by atoms with van der Waals surface area (Å²) in [5.74, 6) is -0.985. The van der Waals surface area contributed by atoms with Crippen LogP contribution < -0.4 is 14.2 Å². The molecule has 0 aliphatic heterocycles. The van der Waals surface area contributed by atoms with Crippen molar-refractivity contribution in [2.45, 2.75) is 11.3 Å². The molecule has 0 amide bonds. The molecule has 0 spiro atoms. The number of benzene rings is 1. The van der Waals surface area contributed by atoms with Gasteiger partial charge >= 0.3 is 5.97 Å². The molecule has 0 aromatic heterocycles. The zero-order chi connectivity index (χ0) is 21.8. The topological polar surface area (TPSA) is 88.1 Å². The van der Waals surface area contributed by atoms with Crippen LogP contribution in [0, 0.1) is 0 Å². The molecule has 9 heteroatoms. The lowest BCUT2D eigenvalue weighted by atomic mass is 9.94. The lowest BCUT2D eigenvalue weighted by molar-refractivity contribution is -0.137. The van der Waals surface area contributed by atoms with Crippen molar-refractivity contribution in [3.05, 3.63) is 35.3 Å². The summed E-state index contributed by atoms with van der Waals surface area (Å²) in [5.41, 5.74) is 0.283. The monoisotopic (exact) mass is 440 g/mol. The fourth-order valence-electron chi connectivity index (χ4n) is 2.89. The Kier molecular flexibility index (Phi) is 7.37. The van der Waals surface area contributed by atoms with E-state index >= 15 is 0 Å². The van der Waals surface area contributed by atoms with Crippen LogP contribution >= 0.6 is 23.4 Å². The van der Waals surface area contributed by atoms with Crippen LogP contribution in [0.4, 0.5) is 0 Å². The number of carbonyl (C=O) groups is 3. The molecule has 1 atom stereocenters. The minimum atomic E-state index is -1.84. The van der Waals surface area contributed by atoms with Crippen LogP contribution in [0.25, 0.3) is 5.57 Å². The zero-order valence-corrected chi connectivity index (χ0v) is 18.1. The molecule has 2 rings (SSSR count). The number of hydrogen-bond acceptors (Lipinski definition) is 8. The van der Waals surface area contributed by atoms with Crippen LogP contribution in [0.15, 0.2) is 29.7 Å². The van der Waals surface area contributed by atoms with Gasteiger partial charge in [-0.15, -0.1) is 29.9 Å². The molecule has 1 aromatic carbocycles. The predicted octanol–water partition coefficient (Wildman–Crippen LogP) is 3.04. The van der Waals surface area contributed by atoms with Gasteiger partial charge in [0.05, 0.1) is 50.2 Å². The van der Waals surface area contributed by atoms with E-state index < -0.39 is 22.4 Å². The van der Waals surface area contributed by atoms with Gasteiger partial charge in [-0.3, -0.25) is 14.4 Å². The Morgan fingerprint density at radius 1 is 1.10 bits per heavy atom. The minimum Gasteiger partial charge on any atom is -0.496 e. The molecule has 29 heavy (non-hydrogen) atoms. The summed E-state index contributed by atoms with van der Waals surface area (Å²) in [6, 6.07) is 3.12. The molecule has 0 N–H and O–H groups in total. The van der Waals surface area contributed by atoms with Crippen molar-refractivity contribution >= 4 is 46.5 Å². The Labute approximate surface area is 178 Å². The zero-order valence-electron chi connectivity index (χ0n) is 16.5. The smallest absolute Gasteiger partial charge is 0.315 e. The average molecular weight is 441 g/mol. The second-order valence-electron chi connectivity index (χ2n) is 5.93. The number of rotatable bonds is 9. The molecule has 0 saturated carbocycles. The highest BCUT2D eigenvalue weighted by Gasteiger charge is 2.54. The van der Waals surface area contributed by atoms with Gasteiger partial charge in [0, 0.05) is 12.1 Å². The quantitative estimate of drug-likeness (QED) is 0.250. The molecule has 7 nitrogen and oxygen atoms in total. The Hall–Kier alpha value is -2.45. The van der Waals surface area contributed by atoms with E-state index in [1.165, 1.54) is 34.5 Å². The largest absolute Gasteiger partial charge is 0.496 e. The van der Waals surface area contributed by atoms with E-state index in [1.54, 1.807) is 12.1 Å². The van der Waals surface area contributed by atoms with Crippen molar-refractivity contribution in [2.24, 2.45) is 0 Å². The van der Waals surface area contributed by atoms with E-state index in [1.807, 2.05) is 0 Å². The number of carbonyl (C=O) groups excluding carboxylic acids is 3. The van der Waals surface area contributed by atoms with Gasteiger partial charge in [-0.05, 0) is 6.42 Å². The summed E-state index contributed by atoms with van der Waals surface area (Å²) in [4.78, 5) is 36.2. The van der Waals surface area contributed by atoms with Crippen molar-refractivity contribution < 1.29 is 33.3 Å². The number of alkyl halides is 1. The number of methoxy groups -OCH3 is 4. The minimum absolute atomic E-state index is 0.0251. The van der Waals surface area contributed by atoms with Crippen LogP contribution in [-0.4, -0.2) is 56.6 Å². The number of hydrogen-bond donors (Lipinski definition) is 0. The number of allylic oxidation sites excluding steroid dienone is 3. The summed E-state index contributed by atoms with van der Waals surface area (Å²) in [6.07, 6.45) is 1.33. The van der Waals surface area contributed by atoms with E-state index in [0.717, 1.165) is 11.8 Å². The van der Waals surface area contributed by atoms with Gasteiger partial charge in [0.15, 0.2) is 16.4 Å². The van der Waals surface area contributed by atoms with E-state index in [-0.39, 0.29) is 39.7 Å². The third-order valence-electron chi connectivity index (χ3n) is 4.33. The van der Waals surface area contributed by atoms with Crippen LogP contribution in [0.5, 0.6) is 17.2 Å². The van der Waals surface area contributed by atoms with Gasteiger partial charge in [-0.25, -0.2) is 0 Å². The number of thioether (sulfide) groups is 1. The molecule has 0 saturated heterocycles. The number of ether oxygens (including phenoxy) is 4. The number of halogens is 1. The Bertz CT molecular complexity index is 868. The lowest BCUT2D eigenvalue weighted by Crippen LogP contribution is -2.36. The van der Waals surface area contributed by atoms with Gasteiger partial charge in [-0.2, -0.15) is 0 Å². The molecule has 1 aliphatic carbocycles. The van der Waals surface area contributed by atoms with Gasteiger partial charge in [-0.1, -0.05) is 6.08 Å². The first kappa shape index (κ1) is 22.8. The number of esters is 1. The summed E-state index contributed by atoms with van der Waals surface area (Å²) < 4.78 is 20.7. The van der Waals surface area contributed by atoms with Gasteiger partial charge in [0.25, 0.3) is 0 Å². The first-order chi connectivity index (χ1) is 13.8. The highest BCUT2D eigenvalue weighted by atomic mass is 35.5. The van der Waals surface area contributed by atoms with E-state index in [2.05, 4.69) is 11.3 Å². The Balaban J connectivity index is 2.76. The van der Waals surface area contributed by atoms with Crippen LogP contribution in [0.3, 0.4) is 0 Å². The maximum atomic E-state index is 13.3. The lowest BCUT2D eigenvalue weighted by Gasteiger charge is -2.18. The van der Waals surface area contributed by atoms with Gasteiger partial charge < -0.3 is 18.9 Å². The summed E-state index contributed by atoms with van der Waals surface area (Å²) >= 11 is 7.34. The van der Waals surface area contributed by atoms with Gasteiger partial charge in [0.1, 0.15) is 17.2 Å². The Morgan fingerprint density at radius 3 is 2.14 bits per heavy atom. The van der Waals surface area contributed by atoms with Crippen LogP contribution in [0.2, 0.25) is 0 Å². The SMILES string of the molecule is C=CCC1(Cl)C(=O)C(SCC(=O)OC)=C(c2c(OC)cc(OC)cc2OC)C1=O. The molecular formula is C20H21ClO7S. The van der Waals surface area contributed by atoms with E-state index in [9.17, 15) is 14.4 Å². The molecule has 1 aliphatic rings. The molecule has 0 radical (unpaired) electrons. The summed E-state index contributed by atoms with van der Waals surface area (Å²) in [5, 5.41) is 0. The molecule has 156 valence electrons. The Morgan fingerprint density at radius 2 is 1.69 bits per heavy atom. The first-order valence-electron chi connectivity index (χ1n) is 8.42. The fourth-order valence-corrected chi connectivity index (χ4v) is 4.27. The standard InChI is InChI=1S/C20H21ClO7S/c1-6-7-20(21)18(23)16(17(19(20)24)29-10-14(22)28-5)15-12(26-3)8-11(25-2)9-13(15)27-4/h6,8-9H,1,7,10H2,2-5H3. The third kappa shape index (κ3) is 4.13. The van der Waals surface area contributed by atoms with Crippen LogP contribution in [-0.2, 0) is 19.1 Å². The summed E-state index contributed by atoms with van der Waals surface area (Å²) in [6.45, 7) is 3.58. The fraction of sp³-hybridized carbons (Fsp3) is 0.350. The van der Waals surface area contributed by atoms with Gasteiger partial charge in [0.2, 0.25) is 0 Å². The molecule has 1 unspecified atom stereocenters.